The summed E-state index contributed by atoms with van der Waals surface area (Å²) in [5.74, 6) is 1.68. The number of carbonyl (C=O) groups excluding carboxylic acids is 1. The van der Waals surface area contributed by atoms with Gasteiger partial charge in [-0.15, -0.1) is 0 Å². The van der Waals surface area contributed by atoms with Gasteiger partial charge in [-0.05, 0) is 24.6 Å². The van der Waals surface area contributed by atoms with E-state index in [4.69, 9.17) is 9.73 Å². The average Bonchev–Trinajstić information content (AvgIpc) is 2.74. The van der Waals surface area contributed by atoms with E-state index in [1.54, 1.807) is 6.08 Å². The molecule has 1 unspecified atom stereocenters. The van der Waals surface area contributed by atoms with Gasteiger partial charge >= 0.3 is 0 Å². The van der Waals surface area contributed by atoms with Crippen molar-refractivity contribution in [1.82, 2.24) is 10.6 Å². The van der Waals surface area contributed by atoms with Crippen molar-refractivity contribution in [2.24, 2.45) is 4.99 Å². The maximum atomic E-state index is 12.0. The maximum Gasteiger partial charge on any atom is 0.225 e. The largest absolute Gasteiger partial charge is 0.489 e. The highest BCUT2D eigenvalue weighted by molar-refractivity contribution is 5.94. The predicted octanol–water partition coefficient (Wildman–Crippen LogP) is 3.43. The average molecular weight is 393 g/mol. The monoisotopic (exact) mass is 392 g/mol. The lowest BCUT2D eigenvalue weighted by atomic mass is 9.90. The Morgan fingerprint density at radius 1 is 1.24 bits per heavy atom. The number of rotatable bonds is 8. The number of ether oxygens (including phenoxy) is 1. The molecular formula is C23H28N4O2. The molecule has 0 bridgehead atoms. The molecule has 0 radical (unpaired) electrons. The number of benzene rings is 2. The Bertz CT molecular complexity index is 879. The summed E-state index contributed by atoms with van der Waals surface area (Å²) >= 11 is 0. The summed E-state index contributed by atoms with van der Waals surface area (Å²) in [6.07, 6.45) is 2.19. The number of amides is 1. The van der Waals surface area contributed by atoms with Crippen LogP contribution < -0.4 is 20.7 Å². The highest BCUT2D eigenvalue weighted by Crippen LogP contribution is 2.31. The van der Waals surface area contributed by atoms with Crippen LogP contribution in [0, 0.1) is 0 Å². The topological polar surface area (TPSA) is 74.8 Å². The summed E-state index contributed by atoms with van der Waals surface area (Å²) in [6.45, 7) is 8.06. The lowest BCUT2D eigenvalue weighted by Gasteiger charge is -2.26. The van der Waals surface area contributed by atoms with E-state index < -0.39 is 0 Å². The van der Waals surface area contributed by atoms with E-state index in [1.807, 2.05) is 49.4 Å². The molecule has 3 rings (SSSR count). The van der Waals surface area contributed by atoms with Crippen LogP contribution in [-0.2, 0) is 11.3 Å². The standard InChI is InChI=1S/C23H28N4O2/c1-3-13-29-21-12-8-5-9-17(21)15-25-23(24-4-2)26-16-18-14-22(28)27-20-11-7-6-10-19(18)20/h3,5-12,18H,1,4,13-16H2,2H3,(H,27,28)(H2,24,25,26). The molecule has 2 aromatic rings. The smallest absolute Gasteiger partial charge is 0.225 e. The van der Waals surface area contributed by atoms with Gasteiger partial charge in [0.1, 0.15) is 12.4 Å². The number of anilines is 1. The zero-order valence-electron chi connectivity index (χ0n) is 16.8. The van der Waals surface area contributed by atoms with Gasteiger partial charge in [0.25, 0.3) is 0 Å². The second kappa shape index (κ2) is 10.3. The number of guanidine groups is 1. The van der Waals surface area contributed by atoms with Crippen molar-refractivity contribution in [3.8, 4) is 5.75 Å². The number of nitrogens with zero attached hydrogens (tertiary/aromatic N) is 1. The number of carbonyl (C=O) groups is 1. The molecular weight excluding hydrogens is 364 g/mol. The Morgan fingerprint density at radius 2 is 2.03 bits per heavy atom. The molecule has 0 aromatic heterocycles. The minimum atomic E-state index is 0.0470. The molecule has 1 atom stereocenters. The van der Waals surface area contributed by atoms with Crippen molar-refractivity contribution in [3.05, 3.63) is 72.3 Å². The normalized spacial score (nSPS) is 15.8. The number of aliphatic imine (C=N–C) groups is 1. The van der Waals surface area contributed by atoms with Gasteiger partial charge in [-0.1, -0.05) is 49.1 Å². The maximum absolute atomic E-state index is 12.0. The lowest BCUT2D eigenvalue weighted by Crippen LogP contribution is -2.40. The van der Waals surface area contributed by atoms with Crippen LogP contribution in [0.15, 0.2) is 66.2 Å². The van der Waals surface area contributed by atoms with E-state index in [1.165, 1.54) is 0 Å². The van der Waals surface area contributed by atoms with Crippen LogP contribution >= 0.6 is 0 Å². The zero-order valence-corrected chi connectivity index (χ0v) is 16.8. The third kappa shape index (κ3) is 5.60. The second-order valence-electron chi connectivity index (χ2n) is 6.82. The summed E-state index contributed by atoms with van der Waals surface area (Å²) in [5, 5.41) is 9.60. The fourth-order valence-electron chi connectivity index (χ4n) is 3.33. The highest BCUT2D eigenvalue weighted by Gasteiger charge is 2.24. The van der Waals surface area contributed by atoms with E-state index >= 15 is 0 Å². The summed E-state index contributed by atoms with van der Waals surface area (Å²) in [7, 11) is 0. The summed E-state index contributed by atoms with van der Waals surface area (Å²) in [6, 6.07) is 15.8. The van der Waals surface area contributed by atoms with E-state index in [-0.39, 0.29) is 11.8 Å². The first kappa shape index (κ1) is 20.5. The second-order valence-corrected chi connectivity index (χ2v) is 6.82. The van der Waals surface area contributed by atoms with Crippen LogP contribution in [0.2, 0.25) is 0 Å². The van der Waals surface area contributed by atoms with E-state index in [9.17, 15) is 4.79 Å². The molecule has 0 saturated heterocycles. The van der Waals surface area contributed by atoms with Gasteiger partial charge in [0.2, 0.25) is 5.91 Å². The summed E-state index contributed by atoms with van der Waals surface area (Å²) in [4.78, 5) is 16.7. The molecule has 1 heterocycles. The van der Waals surface area contributed by atoms with Crippen molar-refractivity contribution >= 4 is 17.6 Å². The lowest BCUT2D eigenvalue weighted by molar-refractivity contribution is -0.116. The van der Waals surface area contributed by atoms with Gasteiger partial charge in [-0.3, -0.25) is 4.79 Å². The van der Waals surface area contributed by atoms with Gasteiger partial charge in [0, 0.05) is 36.7 Å². The van der Waals surface area contributed by atoms with Crippen LogP contribution in [0.3, 0.4) is 0 Å². The number of nitrogens with one attached hydrogen (secondary N) is 3. The molecule has 29 heavy (non-hydrogen) atoms. The third-order valence-electron chi connectivity index (χ3n) is 4.70. The molecule has 6 nitrogen and oxygen atoms in total. The Balaban J connectivity index is 1.68. The third-order valence-corrected chi connectivity index (χ3v) is 4.70. The van der Waals surface area contributed by atoms with Gasteiger partial charge in [-0.2, -0.15) is 0 Å². The molecule has 0 saturated carbocycles. The first-order valence-electron chi connectivity index (χ1n) is 9.93. The van der Waals surface area contributed by atoms with E-state index in [0.717, 1.165) is 35.1 Å². The molecule has 3 N–H and O–H groups in total. The summed E-state index contributed by atoms with van der Waals surface area (Å²) in [5.41, 5.74) is 3.05. The first-order chi connectivity index (χ1) is 14.2. The highest BCUT2D eigenvalue weighted by atomic mass is 16.5. The predicted molar refractivity (Wildman–Crippen MR) is 117 cm³/mol. The molecule has 2 aromatic carbocycles. The Labute approximate surface area is 172 Å². The van der Waals surface area contributed by atoms with Crippen LogP contribution in [0.1, 0.15) is 30.4 Å². The molecule has 6 heteroatoms. The zero-order chi connectivity index (χ0) is 20.5. The van der Waals surface area contributed by atoms with Gasteiger partial charge in [-0.25, -0.2) is 4.99 Å². The van der Waals surface area contributed by atoms with Gasteiger partial charge in [0.15, 0.2) is 5.96 Å². The first-order valence-corrected chi connectivity index (χ1v) is 9.93. The van der Waals surface area contributed by atoms with Crippen molar-refractivity contribution in [3.63, 3.8) is 0 Å². The van der Waals surface area contributed by atoms with Crippen LogP contribution in [0.25, 0.3) is 0 Å². The molecule has 1 amide bonds. The van der Waals surface area contributed by atoms with E-state index in [2.05, 4.69) is 28.6 Å². The minimum absolute atomic E-state index is 0.0470. The molecule has 0 fully saturated rings. The van der Waals surface area contributed by atoms with E-state index in [0.29, 0.717) is 26.1 Å². The molecule has 1 aliphatic rings. The van der Waals surface area contributed by atoms with Crippen molar-refractivity contribution in [1.29, 1.82) is 0 Å². The molecule has 0 aliphatic carbocycles. The van der Waals surface area contributed by atoms with Crippen molar-refractivity contribution in [2.45, 2.75) is 25.8 Å². The van der Waals surface area contributed by atoms with Crippen LogP contribution in [-0.4, -0.2) is 31.6 Å². The Morgan fingerprint density at radius 3 is 2.86 bits per heavy atom. The number of hydrogen-bond donors (Lipinski definition) is 3. The van der Waals surface area contributed by atoms with Crippen LogP contribution in [0.4, 0.5) is 5.69 Å². The number of para-hydroxylation sites is 2. The quantitative estimate of drug-likeness (QED) is 0.366. The molecule has 1 aliphatic heterocycles. The number of fused-ring (bicyclic) bond motifs is 1. The van der Waals surface area contributed by atoms with Crippen LogP contribution in [0.5, 0.6) is 5.75 Å². The van der Waals surface area contributed by atoms with Crippen molar-refractivity contribution in [2.75, 3.05) is 25.0 Å². The fourth-order valence-corrected chi connectivity index (χ4v) is 3.33. The Kier molecular flexibility index (Phi) is 7.28. The molecule has 152 valence electrons. The number of hydrogen-bond acceptors (Lipinski definition) is 3. The SMILES string of the molecule is C=CCOc1ccccc1CN=C(NCC)NCC1CC(=O)Nc2ccccc21. The summed E-state index contributed by atoms with van der Waals surface area (Å²) < 4.78 is 5.71. The fraction of sp³-hybridized carbons (Fsp3) is 0.304. The Hall–Kier alpha value is -3.28. The van der Waals surface area contributed by atoms with Gasteiger partial charge in [0.05, 0.1) is 6.54 Å². The minimum Gasteiger partial charge on any atom is -0.489 e. The molecule has 0 spiro atoms. The van der Waals surface area contributed by atoms with Crippen molar-refractivity contribution < 1.29 is 9.53 Å². The van der Waals surface area contributed by atoms with Gasteiger partial charge < -0.3 is 20.7 Å².